The molecule has 8 heteroatoms. The minimum absolute atomic E-state index is 0.0563. The van der Waals surface area contributed by atoms with Gasteiger partial charge in [0.1, 0.15) is 11.5 Å². The van der Waals surface area contributed by atoms with Crippen molar-refractivity contribution in [2.24, 2.45) is 0 Å². The molecule has 0 spiro atoms. The normalized spacial score (nSPS) is 16.8. The van der Waals surface area contributed by atoms with Gasteiger partial charge in [-0.05, 0) is 67.9 Å². The maximum Gasteiger partial charge on any atom is 0.295 e. The zero-order chi connectivity index (χ0) is 27.8. The summed E-state index contributed by atoms with van der Waals surface area (Å²) in [7, 11) is 3.08. The number of likely N-dealkylation sites (N-methyl/N-ethyl adjacent to an activating group) is 1. The fourth-order valence-electron chi connectivity index (χ4n) is 4.71. The standard InChI is InChI=1S/C30H40N2O6/c1-7-10-17-38-23-13-12-22(18-20(23)4)28(33)26-27(21-11-14-24(36-5)25(19-21)37-6)32(30(35)29(26)34)16-15-31(8-2)9-3/h11-14,18-19,27,33H,7-10,15-17H2,1-6H3/b28-26+/t27-/m0/s1. The molecule has 0 unspecified atom stereocenters. The maximum atomic E-state index is 13.4. The van der Waals surface area contributed by atoms with Crippen molar-refractivity contribution < 1.29 is 28.9 Å². The third-order valence-corrected chi connectivity index (χ3v) is 7.02. The van der Waals surface area contributed by atoms with Gasteiger partial charge in [0.05, 0.1) is 32.4 Å². The lowest BCUT2D eigenvalue weighted by atomic mass is 9.94. The van der Waals surface area contributed by atoms with E-state index >= 15 is 0 Å². The number of aryl methyl sites for hydroxylation is 1. The largest absolute Gasteiger partial charge is 0.507 e. The second-order valence-electron chi connectivity index (χ2n) is 9.32. The summed E-state index contributed by atoms with van der Waals surface area (Å²) >= 11 is 0. The van der Waals surface area contributed by atoms with Gasteiger partial charge < -0.3 is 29.1 Å². The Balaban J connectivity index is 2.10. The summed E-state index contributed by atoms with van der Waals surface area (Å²) in [5.74, 6) is 0.190. The molecular weight excluding hydrogens is 484 g/mol. The molecule has 0 saturated carbocycles. The molecular formula is C30H40N2O6. The first-order valence-corrected chi connectivity index (χ1v) is 13.3. The average molecular weight is 525 g/mol. The number of aliphatic hydroxyl groups is 1. The van der Waals surface area contributed by atoms with Crippen molar-refractivity contribution in [3.8, 4) is 17.2 Å². The van der Waals surface area contributed by atoms with Gasteiger partial charge in [-0.25, -0.2) is 0 Å². The highest BCUT2D eigenvalue weighted by Gasteiger charge is 2.46. The minimum atomic E-state index is -0.772. The number of hydrogen-bond acceptors (Lipinski definition) is 7. The molecule has 1 N–H and O–H groups in total. The summed E-state index contributed by atoms with van der Waals surface area (Å²) in [5.41, 5.74) is 2.00. The molecule has 2 aromatic rings. The van der Waals surface area contributed by atoms with Gasteiger partial charge in [-0.2, -0.15) is 0 Å². The van der Waals surface area contributed by atoms with Crippen LogP contribution >= 0.6 is 0 Å². The van der Waals surface area contributed by atoms with Gasteiger partial charge in [-0.3, -0.25) is 9.59 Å². The van der Waals surface area contributed by atoms with Crippen LogP contribution in [0.5, 0.6) is 17.2 Å². The number of ether oxygens (including phenoxy) is 3. The minimum Gasteiger partial charge on any atom is -0.507 e. The van der Waals surface area contributed by atoms with Crippen molar-refractivity contribution in [2.45, 2.75) is 46.6 Å². The summed E-state index contributed by atoms with van der Waals surface area (Å²) in [6, 6.07) is 9.82. The monoisotopic (exact) mass is 524 g/mol. The van der Waals surface area contributed by atoms with Crippen molar-refractivity contribution in [1.82, 2.24) is 9.80 Å². The van der Waals surface area contributed by atoms with Gasteiger partial charge in [0.25, 0.3) is 11.7 Å². The summed E-state index contributed by atoms with van der Waals surface area (Å²) < 4.78 is 16.7. The van der Waals surface area contributed by atoms with Gasteiger partial charge >= 0.3 is 0 Å². The Morgan fingerprint density at radius 3 is 2.26 bits per heavy atom. The quantitative estimate of drug-likeness (QED) is 0.172. The Labute approximate surface area is 225 Å². The molecule has 2 aromatic carbocycles. The van der Waals surface area contributed by atoms with E-state index in [4.69, 9.17) is 14.2 Å². The number of likely N-dealkylation sites (tertiary alicyclic amines) is 1. The van der Waals surface area contributed by atoms with Crippen LogP contribution in [0.3, 0.4) is 0 Å². The molecule has 3 rings (SSSR count). The molecule has 8 nitrogen and oxygen atoms in total. The van der Waals surface area contributed by atoms with E-state index in [-0.39, 0.29) is 11.3 Å². The van der Waals surface area contributed by atoms with Crippen molar-refractivity contribution in [3.05, 3.63) is 58.7 Å². The number of hydrogen-bond donors (Lipinski definition) is 1. The number of ketones is 1. The molecule has 38 heavy (non-hydrogen) atoms. The van der Waals surface area contributed by atoms with Crippen LogP contribution in [0.15, 0.2) is 42.0 Å². The van der Waals surface area contributed by atoms with Crippen molar-refractivity contribution in [3.63, 3.8) is 0 Å². The van der Waals surface area contributed by atoms with Crippen molar-refractivity contribution in [2.75, 3.05) is 47.0 Å². The average Bonchev–Trinajstić information content (AvgIpc) is 3.18. The van der Waals surface area contributed by atoms with E-state index in [0.717, 1.165) is 37.2 Å². The first-order valence-electron chi connectivity index (χ1n) is 13.3. The van der Waals surface area contributed by atoms with E-state index in [1.54, 1.807) is 48.4 Å². The molecule has 206 valence electrons. The molecule has 0 bridgehead atoms. The molecule has 1 atom stereocenters. The fourth-order valence-corrected chi connectivity index (χ4v) is 4.71. The van der Waals surface area contributed by atoms with Crippen molar-refractivity contribution >= 4 is 17.4 Å². The van der Waals surface area contributed by atoms with E-state index in [0.29, 0.717) is 42.3 Å². The molecule has 1 saturated heterocycles. The zero-order valence-corrected chi connectivity index (χ0v) is 23.4. The predicted molar refractivity (Wildman–Crippen MR) is 148 cm³/mol. The summed E-state index contributed by atoms with van der Waals surface area (Å²) in [6.45, 7) is 11.3. The highest BCUT2D eigenvalue weighted by molar-refractivity contribution is 6.46. The number of carbonyl (C=O) groups excluding carboxylic acids is 2. The number of Topliss-reactive ketones (excluding diaryl/α,β-unsaturated/α-hetero) is 1. The van der Waals surface area contributed by atoms with E-state index in [9.17, 15) is 14.7 Å². The van der Waals surface area contributed by atoms with Crippen molar-refractivity contribution in [1.29, 1.82) is 0 Å². The van der Waals surface area contributed by atoms with Gasteiger partial charge in [0, 0.05) is 18.7 Å². The van der Waals surface area contributed by atoms with E-state index in [2.05, 4.69) is 25.7 Å². The molecule has 1 amide bonds. The number of amides is 1. The highest BCUT2D eigenvalue weighted by atomic mass is 16.5. The number of benzene rings is 2. The van der Waals surface area contributed by atoms with Crippen LogP contribution in [-0.2, 0) is 9.59 Å². The smallest absolute Gasteiger partial charge is 0.295 e. The first-order chi connectivity index (χ1) is 18.3. The van der Waals surface area contributed by atoms with E-state index < -0.39 is 17.7 Å². The Bertz CT molecular complexity index is 1170. The van der Waals surface area contributed by atoms with Gasteiger partial charge in [-0.1, -0.05) is 33.3 Å². The van der Waals surface area contributed by atoms with E-state index in [1.165, 1.54) is 7.11 Å². The molecule has 1 aliphatic rings. The number of nitrogens with zero attached hydrogens (tertiary/aromatic N) is 2. The Morgan fingerprint density at radius 2 is 1.66 bits per heavy atom. The Morgan fingerprint density at radius 1 is 0.974 bits per heavy atom. The Hall–Kier alpha value is -3.52. The Kier molecular flexibility index (Phi) is 10.2. The van der Waals surface area contributed by atoms with Crippen LogP contribution in [0.4, 0.5) is 0 Å². The lowest BCUT2D eigenvalue weighted by Crippen LogP contribution is -2.38. The van der Waals surface area contributed by atoms with Crippen LogP contribution in [0.2, 0.25) is 0 Å². The van der Waals surface area contributed by atoms with Gasteiger partial charge in [0.2, 0.25) is 0 Å². The number of unbranched alkanes of at least 4 members (excludes halogenated alkanes) is 1. The zero-order valence-electron chi connectivity index (χ0n) is 23.4. The number of aliphatic hydroxyl groups excluding tert-OH is 1. The molecule has 0 aromatic heterocycles. The van der Waals surface area contributed by atoms with Crippen LogP contribution in [-0.4, -0.2) is 73.6 Å². The number of rotatable bonds is 13. The second kappa shape index (κ2) is 13.3. The molecule has 1 heterocycles. The maximum absolute atomic E-state index is 13.4. The fraction of sp³-hybridized carbons (Fsp3) is 0.467. The lowest BCUT2D eigenvalue weighted by Gasteiger charge is -2.28. The lowest BCUT2D eigenvalue weighted by molar-refractivity contribution is -0.140. The summed E-state index contributed by atoms with van der Waals surface area (Å²) in [6.07, 6.45) is 1.98. The predicted octanol–water partition coefficient (Wildman–Crippen LogP) is 4.95. The van der Waals surface area contributed by atoms with Crippen LogP contribution < -0.4 is 14.2 Å². The molecule has 0 radical (unpaired) electrons. The first kappa shape index (κ1) is 29.0. The van der Waals surface area contributed by atoms with Gasteiger partial charge in [-0.15, -0.1) is 0 Å². The second-order valence-corrected chi connectivity index (χ2v) is 9.32. The van der Waals surface area contributed by atoms with Crippen LogP contribution in [0.1, 0.15) is 56.3 Å². The number of methoxy groups -OCH3 is 2. The summed E-state index contributed by atoms with van der Waals surface area (Å²) in [5, 5.41) is 11.5. The molecule has 1 aliphatic heterocycles. The summed E-state index contributed by atoms with van der Waals surface area (Å²) in [4.78, 5) is 30.4. The highest BCUT2D eigenvalue weighted by Crippen LogP contribution is 2.42. The third kappa shape index (κ3) is 6.13. The SMILES string of the molecule is CCCCOc1ccc(/C(O)=C2\C(=O)C(=O)N(CCN(CC)CC)[C@H]2c2ccc(OC)c(OC)c2)cc1C. The van der Waals surface area contributed by atoms with Crippen LogP contribution in [0.25, 0.3) is 5.76 Å². The topological polar surface area (TPSA) is 88.5 Å². The van der Waals surface area contributed by atoms with E-state index in [1.807, 2.05) is 6.92 Å². The number of carbonyl (C=O) groups is 2. The molecule has 0 aliphatic carbocycles. The van der Waals surface area contributed by atoms with Gasteiger partial charge in [0.15, 0.2) is 11.5 Å². The molecule has 1 fully saturated rings. The van der Waals surface area contributed by atoms with Crippen LogP contribution in [0, 0.1) is 6.92 Å². The third-order valence-electron chi connectivity index (χ3n) is 7.02.